The van der Waals surface area contributed by atoms with Crippen LogP contribution in [0.1, 0.15) is 52.7 Å². The van der Waals surface area contributed by atoms with E-state index in [4.69, 9.17) is 13.3 Å². The van der Waals surface area contributed by atoms with Crippen LogP contribution in [0.3, 0.4) is 0 Å². The summed E-state index contributed by atoms with van der Waals surface area (Å²) < 4.78 is 23.9. The third-order valence-corrected chi connectivity index (χ3v) is 16.4. The van der Waals surface area contributed by atoms with Crippen LogP contribution in [0.4, 0.5) is 28.4 Å². The van der Waals surface area contributed by atoms with Gasteiger partial charge in [0, 0.05) is 100 Å². The summed E-state index contributed by atoms with van der Waals surface area (Å²) >= 11 is 0. The first-order valence-corrected chi connectivity index (χ1v) is 26.2. The van der Waals surface area contributed by atoms with Gasteiger partial charge < -0.3 is 27.5 Å². The van der Waals surface area contributed by atoms with E-state index in [0.717, 1.165) is 117 Å². The van der Waals surface area contributed by atoms with Crippen LogP contribution in [-0.2, 0) is 10.8 Å². The molecule has 10 aromatic carbocycles. The molecule has 0 saturated heterocycles. The lowest BCUT2D eigenvalue weighted by Gasteiger charge is -2.42. The highest BCUT2D eigenvalue weighted by atomic mass is 16.3. The lowest BCUT2D eigenvalue weighted by molar-refractivity contribution is 0.590. The molecule has 0 spiro atoms. The molecular formula is C68H50BN3O3. The summed E-state index contributed by atoms with van der Waals surface area (Å²) in [7, 11) is 0. The highest BCUT2D eigenvalue weighted by Crippen LogP contribution is 2.53. The van der Waals surface area contributed by atoms with Crippen molar-refractivity contribution in [1.29, 1.82) is 0 Å². The van der Waals surface area contributed by atoms with Crippen LogP contribution >= 0.6 is 0 Å². The van der Waals surface area contributed by atoms with Crippen molar-refractivity contribution in [2.24, 2.45) is 0 Å². The molecule has 0 aliphatic carbocycles. The second kappa shape index (κ2) is 14.9. The molecule has 0 N–H and O–H groups in total. The minimum atomic E-state index is -0.293. The molecule has 2 aliphatic heterocycles. The molecule has 0 amide bonds. The van der Waals surface area contributed by atoms with Crippen LogP contribution in [0.2, 0.25) is 0 Å². The van der Waals surface area contributed by atoms with Crippen molar-refractivity contribution in [2.75, 3.05) is 9.71 Å². The Bertz CT molecular complexity index is 4700. The van der Waals surface area contributed by atoms with E-state index < -0.39 is 0 Å². The molecule has 0 saturated carbocycles. The van der Waals surface area contributed by atoms with Gasteiger partial charge in [-0.15, -0.1) is 0 Å². The van der Waals surface area contributed by atoms with Gasteiger partial charge in [-0.1, -0.05) is 133 Å². The van der Waals surface area contributed by atoms with E-state index >= 15 is 0 Å². The van der Waals surface area contributed by atoms with Gasteiger partial charge in [0.25, 0.3) is 0 Å². The van der Waals surface area contributed by atoms with Gasteiger partial charge in [-0.05, 0) is 124 Å². The highest BCUT2D eigenvalue weighted by molar-refractivity contribution is 6.94. The van der Waals surface area contributed by atoms with Gasteiger partial charge in [0.2, 0.25) is 0 Å². The molecule has 75 heavy (non-hydrogen) atoms. The van der Waals surface area contributed by atoms with Crippen molar-refractivity contribution in [3.63, 3.8) is 0 Å². The average Bonchev–Trinajstić information content (AvgIpc) is 4.40. The molecule has 0 bridgehead atoms. The van der Waals surface area contributed by atoms with Gasteiger partial charge in [-0.2, -0.15) is 0 Å². The standard InChI is InChI=1S/C68H50BN3O3/c1-67(2,3)39-25-28-43(29-26-39)72-54-38-60-48(46-31-30-44(34-58(46)74-60)70(41-17-9-7-10-18-41)42-19-11-8-12-20-42)35-51(54)63-64-65-61(62-47-22-14-16-24-57(47)75-66(62)63)50-33-40(68(4,5)6)27-32-53(50)71(65)55-36-49-45-21-13-15-23-56(45)73-59(49)37-52(55)69(64)72/h7-38H,1-6H3. The second-order valence-corrected chi connectivity index (χ2v) is 22.9. The van der Waals surface area contributed by atoms with Gasteiger partial charge in [0.1, 0.15) is 33.5 Å². The van der Waals surface area contributed by atoms with E-state index in [0.29, 0.717) is 0 Å². The molecule has 0 unspecified atom stereocenters. The normalized spacial score (nSPS) is 13.4. The van der Waals surface area contributed by atoms with E-state index in [2.05, 4.69) is 250 Å². The summed E-state index contributed by atoms with van der Waals surface area (Å²) in [5, 5.41) is 9.01. The summed E-state index contributed by atoms with van der Waals surface area (Å²) in [6.45, 7) is 13.5. The van der Waals surface area contributed by atoms with Crippen molar-refractivity contribution in [3.8, 4) is 16.8 Å². The maximum Gasteiger partial charge on any atom is 0.333 e. The number of hydrogen-bond donors (Lipinski definition) is 0. The number of aromatic nitrogens is 1. The maximum absolute atomic E-state index is 7.37. The van der Waals surface area contributed by atoms with Crippen LogP contribution in [-0.4, -0.2) is 11.4 Å². The van der Waals surface area contributed by atoms with E-state index in [1.165, 1.54) is 38.4 Å². The fraction of sp³-hybridized carbons (Fsp3) is 0.118. The van der Waals surface area contributed by atoms with Gasteiger partial charge in [0.15, 0.2) is 0 Å². The second-order valence-electron chi connectivity index (χ2n) is 22.9. The Morgan fingerprint density at radius 2 is 1.03 bits per heavy atom. The monoisotopic (exact) mass is 967 g/mol. The Balaban J connectivity index is 1.06. The van der Waals surface area contributed by atoms with Crippen LogP contribution in [0.15, 0.2) is 207 Å². The summed E-state index contributed by atoms with van der Waals surface area (Å²) in [5.74, 6) is 0. The van der Waals surface area contributed by atoms with Crippen molar-refractivity contribution in [1.82, 2.24) is 4.57 Å². The minimum absolute atomic E-state index is 0.0307. The number of para-hydroxylation sites is 4. The quantitative estimate of drug-likeness (QED) is 0.165. The maximum atomic E-state index is 7.37. The average molecular weight is 968 g/mol. The van der Waals surface area contributed by atoms with Crippen LogP contribution in [0, 0.1) is 0 Å². The number of rotatable bonds is 4. The zero-order chi connectivity index (χ0) is 50.2. The number of benzene rings is 10. The van der Waals surface area contributed by atoms with Crippen molar-refractivity contribution in [2.45, 2.75) is 52.4 Å². The number of fused-ring (bicyclic) bond motifs is 19. The summed E-state index contributed by atoms with van der Waals surface area (Å²) in [6, 6.07) is 70.7. The molecular weight excluding hydrogens is 918 g/mol. The summed E-state index contributed by atoms with van der Waals surface area (Å²) in [6.07, 6.45) is 0. The molecule has 6 nitrogen and oxygen atoms in total. The first-order chi connectivity index (χ1) is 36.5. The van der Waals surface area contributed by atoms with E-state index in [9.17, 15) is 0 Å². The fourth-order valence-electron chi connectivity index (χ4n) is 12.9. The lowest BCUT2D eigenvalue weighted by atomic mass is 9.43. The minimum Gasteiger partial charge on any atom is -0.456 e. The molecule has 2 aliphatic rings. The van der Waals surface area contributed by atoms with Gasteiger partial charge >= 0.3 is 6.85 Å². The predicted octanol–water partition coefficient (Wildman–Crippen LogP) is 17.8. The zero-order valence-corrected chi connectivity index (χ0v) is 42.6. The van der Waals surface area contributed by atoms with Crippen LogP contribution in [0.5, 0.6) is 0 Å². The van der Waals surface area contributed by atoms with Gasteiger partial charge in [-0.3, -0.25) is 0 Å². The largest absolute Gasteiger partial charge is 0.456 e. The molecule has 0 radical (unpaired) electrons. The Morgan fingerprint density at radius 1 is 0.427 bits per heavy atom. The number of furan rings is 3. The Morgan fingerprint density at radius 3 is 1.75 bits per heavy atom. The molecule has 16 rings (SSSR count). The molecule has 4 aromatic heterocycles. The topological polar surface area (TPSA) is 50.8 Å². The van der Waals surface area contributed by atoms with Gasteiger partial charge in [0.05, 0.1) is 11.0 Å². The molecule has 14 aromatic rings. The Hall–Kier alpha value is -8.94. The number of nitrogens with zero attached hydrogens (tertiary/aromatic N) is 3. The first-order valence-electron chi connectivity index (χ1n) is 26.2. The zero-order valence-electron chi connectivity index (χ0n) is 42.6. The van der Waals surface area contributed by atoms with E-state index in [1.54, 1.807) is 0 Å². The van der Waals surface area contributed by atoms with E-state index in [-0.39, 0.29) is 17.7 Å². The lowest BCUT2D eigenvalue weighted by Crippen LogP contribution is -2.60. The first kappa shape index (κ1) is 42.6. The number of anilines is 5. The molecule has 6 heterocycles. The van der Waals surface area contributed by atoms with Crippen LogP contribution < -0.4 is 20.6 Å². The SMILES string of the molecule is CC(C)(C)c1ccc(N2B3c4cc5oc6ccccc6c5cc4-n4c5ccc(C(C)(C)C)cc5c5c6c(oc7ccccc76)c(c3c54)-c3cc4c(cc32)oc2cc(N(c3ccccc3)c3ccccc3)ccc24)cc1. The molecule has 7 heteroatoms. The smallest absolute Gasteiger partial charge is 0.333 e. The number of hydrogen-bond acceptors (Lipinski definition) is 5. The van der Waals surface area contributed by atoms with E-state index in [1.807, 2.05) is 0 Å². The summed E-state index contributed by atoms with van der Waals surface area (Å²) in [5.41, 5.74) is 21.0. The summed E-state index contributed by atoms with van der Waals surface area (Å²) in [4.78, 5) is 4.87. The predicted molar refractivity (Wildman–Crippen MR) is 314 cm³/mol. The van der Waals surface area contributed by atoms with Crippen molar-refractivity contribution in [3.05, 3.63) is 205 Å². The fourth-order valence-corrected chi connectivity index (χ4v) is 12.9. The Labute approximate surface area is 433 Å². The highest BCUT2D eigenvalue weighted by Gasteiger charge is 2.47. The van der Waals surface area contributed by atoms with Crippen molar-refractivity contribution >= 4 is 134 Å². The molecule has 0 atom stereocenters. The molecule has 358 valence electrons. The van der Waals surface area contributed by atoms with Crippen molar-refractivity contribution < 1.29 is 13.3 Å². The third kappa shape index (κ3) is 5.92. The third-order valence-electron chi connectivity index (χ3n) is 16.4. The van der Waals surface area contributed by atoms with Crippen LogP contribution in [0.25, 0.3) is 104 Å². The van der Waals surface area contributed by atoms with Gasteiger partial charge in [-0.25, -0.2) is 0 Å². The molecule has 0 fully saturated rings. The Kier molecular flexibility index (Phi) is 8.43.